The molecule has 0 unspecified atom stereocenters. The Morgan fingerprint density at radius 2 is 1.91 bits per heavy atom. The highest BCUT2D eigenvalue weighted by Gasteiger charge is 2.13. The van der Waals surface area contributed by atoms with E-state index in [1.807, 2.05) is 37.3 Å². The number of nitrogens with one attached hydrogen (secondary N) is 4. The Balaban J connectivity index is 2.30. The summed E-state index contributed by atoms with van der Waals surface area (Å²) >= 11 is 0. The molecule has 0 saturated carbocycles. The van der Waals surface area contributed by atoms with Crippen LogP contribution >= 0.6 is 0 Å². The van der Waals surface area contributed by atoms with Crippen LogP contribution in [0.5, 0.6) is 0 Å². The zero-order chi connectivity index (χ0) is 16.7. The average Bonchev–Trinajstić information content (AvgIpc) is 2.55. The molecule has 1 heterocycles. The Morgan fingerprint density at radius 1 is 1.17 bits per heavy atom. The molecule has 7 nitrogen and oxygen atoms in total. The minimum absolute atomic E-state index is 0.263. The summed E-state index contributed by atoms with van der Waals surface area (Å²) in [5.74, 6) is 0.0857. The van der Waals surface area contributed by atoms with Gasteiger partial charge in [0.2, 0.25) is 0 Å². The van der Waals surface area contributed by atoms with Gasteiger partial charge in [-0.1, -0.05) is 18.2 Å². The summed E-state index contributed by atoms with van der Waals surface area (Å²) in [5.41, 5.74) is 1.77. The van der Waals surface area contributed by atoms with Crippen LogP contribution in [0.25, 0.3) is 0 Å². The summed E-state index contributed by atoms with van der Waals surface area (Å²) < 4.78 is 0. The van der Waals surface area contributed by atoms with Gasteiger partial charge in [0, 0.05) is 31.5 Å². The number of urea groups is 1. The minimum Gasteiger partial charge on any atom is -0.355 e. The maximum atomic E-state index is 12.0. The molecule has 7 heteroatoms. The first-order chi connectivity index (χ1) is 11.1. The van der Waals surface area contributed by atoms with Crippen LogP contribution in [0.15, 0.2) is 42.6 Å². The number of carbonyl (C=O) groups is 2. The van der Waals surface area contributed by atoms with Crippen molar-refractivity contribution in [1.82, 2.24) is 15.6 Å². The molecule has 1 aromatic heterocycles. The summed E-state index contributed by atoms with van der Waals surface area (Å²) in [4.78, 5) is 27.7. The number of hydrogen-bond acceptors (Lipinski definition) is 4. The number of nitrogens with zero attached hydrogens (tertiary/aromatic N) is 1. The van der Waals surface area contributed by atoms with Crippen LogP contribution in [0, 0.1) is 0 Å². The first-order valence-electron chi connectivity index (χ1n) is 7.23. The number of para-hydroxylation sites is 1. The molecule has 0 spiro atoms. The van der Waals surface area contributed by atoms with Crippen LogP contribution in [0.3, 0.4) is 0 Å². The molecule has 0 fully saturated rings. The zero-order valence-electron chi connectivity index (χ0n) is 13.0. The summed E-state index contributed by atoms with van der Waals surface area (Å²) in [6, 6.07) is 10.7. The first-order valence-corrected chi connectivity index (χ1v) is 7.23. The van der Waals surface area contributed by atoms with Gasteiger partial charge in [-0.3, -0.25) is 10.1 Å². The van der Waals surface area contributed by atoms with E-state index >= 15 is 0 Å². The second-order valence-electron chi connectivity index (χ2n) is 4.67. The lowest BCUT2D eigenvalue weighted by Crippen LogP contribution is -2.28. The van der Waals surface area contributed by atoms with Crippen LogP contribution < -0.4 is 21.3 Å². The van der Waals surface area contributed by atoms with Gasteiger partial charge in [-0.2, -0.15) is 0 Å². The fourth-order valence-corrected chi connectivity index (χ4v) is 1.94. The average molecular weight is 313 g/mol. The van der Waals surface area contributed by atoms with E-state index in [0.29, 0.717) is 23.6 Å². The fraction of sp³-hybridized carbons (Fsp3) is 0.188. The monoisotopic (exact) mass is 313 g/mol. The van der Waals surface area contributed by atoms with Gasteiger partial charge in [-0.15, -0.1) is 0 Å². The Labute approximate surface area is 134 Å². The second kappa shape index (κ2) is 7.79. The van der Waals surface area contributed by atoms with E-state index in [0.717, 1.165) is 5.69 Å². The second-order valence-corrected chi connectivity index (χ2v) is 4.67. The number of benzene rings is 1. The highest BCUT2D eigenvalue weighted by Crippen LogP contribution is 2.23. The van der Waals surface area contributed by atoms with Gasteiger partial charge in [0.25, 0.3) is 5.91 Å². The molecule has 2 aromatic rings. The van der Waals surface area contributed by atoms with Gasteiger partial charge >= 0.3 is 6.03 Å². The molecule has 2 rings (SSSR count). The third-order valence-corrected chi connectivity index (χ3v) is 3.01. The molecule has 3 amide bonds. The lowest BCUT2D eigenvalue weighted by atomic mass is 10.2. The van der Waals surface area contributed by atoms with Crippen molar-refractivity contribution < 1.29 is 9.59 Å². The topological polar surface area (TPSA) is 95.2 Å². The van der Waals surface area contributed by atoms with Crippen molar-refractivity contribution in [3.8, 4) is 0 Å². The molecule has 0 saturated heterocycles. The number of amides is 3. The molecular formula is C16H19N5O2. The van der Waals surface area contributed by atoms with Crippen LogP contribution in [-0.2, 0) is 0 Å². The quantitative estimate of drug-likeness (QED) is 0.681. The number of pyridine rings is 1. The lowest BCUT2D eigenvalue weighted by Gasteiger charge is -2.13. The number of rotatable bonds is 5. The van der Waals surface area contributed by atoms with Crippen molar-refractivity contribution in [2.24, 2.45) is 0 Å². The Morgan fingerprint density at radius 3 is 2.57 bits per heavy atom. The molecule has 0 radical (unpaired) electrons. The Bertz CT molecular complexity index is 688. The zero-order valence-corrected chi connectivity index (χ0v) is 13.0. The molecule has 120 valence electrons. The van der Waals surface area contributed by atoms with Crippen molar-refractivity contribution >= 4 is 29.1 Å². The van der Waals surface area contributed by atoms with Gasteiger partial charge in [0.1, 0.15) is 5.82 Å². The van der Waals surface area contributed by atoms with Gasteiger partial charge in [-0.25, -0.2) is 9.78 Å². The smallest absolute Gasteiger partial charge is 0.320 e. The normalized spacial score (nSPS) is 9.83. The SMILES string of the molecule is CCNC(=O)Nc1cc(Nc2ccccc2)c(C(=O)NC)cn1. The Kier molecular flexibility index (Phi) is 5.51. The highest BCUT2D eigenvalue weighted by molar-refractivity contribution is 6.01. The molecule has 23 heavy (non-hydrogen) atoms. The minimum atomic E-state index is -0.349. The summed E-state index contributed by atoms with van der Waals surface area (Å²) in [5, 5.41) is 11.0. The standard InChI is InChI=1S/C16H19N5O2/c1-3-18-16(23)21-14-9-13(12(10-19-14)15(22)17-2)20-11-7-5-4-6-8-11/h4-10H,3H2,1-2H3,(H,17,22)(H3,18,19,20,21,23). The molecule has 0 aliphatic carbocycles. The van der Waals surface area contributed by atoms with Crippen molar-refractivity contribution in [1.29, 1.82) is 0 Å². The maximum Gasteiger partial charge on any atom is 0.320 e. The van der Waals surface area contributed by atoms with Crippen LogP contribution in [0.2, 0.25) is 0 Å². The molecule has 4 N–H and O–H groups in total. The number of carbonyl (C=O) groups excluding carboxylic acids is 2. The summed E-state index contributed by atoms with van der Waals surface area (Å²) in [7, 11) is 1.55. The van der Waals surface area contributed by atoms with Gasteiger partial charge in [0.15, 0.2) is 0 Å². The molecule has 0 aliphatic rings. The van der Waals surface area contributed by atoms with E-state index < -0.39 is 0 Å². The van der Waals surface area contributed by atoms with Gasteiger partial charge in [0.05, 0.1) is 11.3 Å². The van der Waals surface area contributed by atoms with Crippen molar-refractivity contribution in [2.75, 3.05) is 24.2 Å². The highest BCUT2D eigenvalue weighted by atomic mass is 16.2. The van der Waals surface area contributed by atoms with Gasteiger partial charge < -0.3 is 16.0 Å². The van der Waals surface area contributed by atoms with E-state index in [2.05, 4.69) is 26.3 Å². The molecular weight excluding hydrogens is 294 g/mol. The van der Waals surface area contributed by atoms with Crippen molar-refractivity contribution in [2.45, 2.75) is 6.92 Å². The van der Waals surface area contributed by atoms with Gasteiger partial charge in [-0.05, 0) is 19.1 Å². The van der Waals surface area contributed by atoms with E-state index in [1.165, 1.54) is 6.20 Å². The van der Waals surface area contributed by atoms with Crippen LogP contribution in [-0.4, -0.2) is 30.5 Å². The third kappa shape index (κ3) is 4.44. The van der Waals surface area contributed by atoms with Crippen LogP contribution in [0.1, 0.15) is 17.3 Å². The molecule has 1 aromatic carbocycles. The first kappa shape index (κ1) is 16.3. The fourth-order valence-electron chi connectivity index (χ4n) is 1.94. The summed E-state index contributed by atoms with van der Waals surface area (Å²) in [6.45, 7) is 2.33. The van der Waals surface area contributed by atoms with Crippen molar-refractivity contribution in [3.05, 3.63) is 48.2 Å². The summed E-state index contributed by atoms with van der Waals surface area (Å²) in [6.07, 6.45) is 1.42. The Hall–Kier alpha value is -3.09. The maximum absolute atomic E-state index is 12.0. The number of aromatic nitrogens is 1. The third-order valence-electron chi connectivity index (χ3n) is 3.01. The number of anilines is 3. The predicted molar refractivity (Wildman–Crippen MR) is 90.0 cm³/mol. The van der Waals surface area contributed by atoms with Crippen molar-refractivity contribution in [3.63, 3.8) is 0 Å². The molecule has 0 aliphatic heterocycles. The lowest BCUT2D eigenvalue weighted by molar-refractivity contribution is 0.0963. The van der Waals surface area contributed by atoms with E-state index in [4.69, 9.17) is 0 Å². The molecule has 0 bridgehead atoms. The van der Waals surface area contributed by atoms with E-state index in [9.17, 15) is 9.59 Å². The molecule has 0 atom stereocenters. The van der Waals surface area contributed by atoms with Crippen LogP contribution in [0.4, 0.5) is 22.0 Å². The van der Waals surface area contributed by atoms with E-state index in [1.54, 1.807) is 13.1 Å². The number of hydrogen-bond donors (Lipinski definition) is 4. The predicted octanol–water partition coefficient (Wildman–Crippen LogP) is 2.33. The van der Waals surface area contributed by atoms with E-state index in [-0.39, 0.29) is 11.9 Å². The largest absolute Gasteiger partial charge is 0.355 e.